The molecular formula is C28H34N8O2. The monoisotopic (exact) mass is 514 g/mol. The highest BCUT2D eigenvalue weighted by atomic mass is 16.3. The second kappa shape index (κ2) is 11.6. The van der Waals surface area contributed by atoms with E-state index in [1.165, 1.54) is 11.9 Å². The molecule has 3 aromatic rings. The first-order chi connectivity index (χ1) is 18.5. The van der Waals surface area contributed by atoms with Crippen molar-refractivity contribution in [3.63, 3.8) is 0 Å². The third-order valence-corrected chi connectivity index (χ3v) is 6.75. The van der Waals surface area contributed by atoms with Gasteiger partial charge in [0.1, 0.15) is 22.8 Å². The first-order valence-electron chi connectivity index (χ1n) is 13.1. The number of nitrogens with zero attached hydrogens (tertiary/aromatic N) is 4. The average molecular weight is 515 g/mol. The Morgan fingerprint density at radius 3 is 2.79 bits per heavy atom. The number of rotatable bonds is 3. The largest absolute Gasteiger partial charge is 0.384 e. The number of benzene rings is 1. The van der Waals surface area contributed by atoms with Crippen LogP contribution in [0.5, 0.6) is 0 Å². The molecule has 0 radical (unpaired) electrons. The van der Waals surface area contributed by atoms with Crippen molar-refractivity contribution in [3.8, 4) is 0 Å². The van der Waals surface area contributed by atoms with Gasteiger partial charge in [0.05, 0.1) is 5.69 Å². The standard InChI is InChI=1S/C28H34N8O2/c1-28(38)13-3-2-4-15-30-26(37)22-19-31-27(35-25(22)34-24-8-5-7-23(28)33-24)32-20-9-11-21(12-10-20)36-17-6-14-29-16-18-36/h2,4-5,7-12,19,29,38H,3,6,13-18H2,1H3,(H,30,37)(H2,31,32,33,34,35)/b4-2-. The molecule has 2 bridgehead atoms. The number of aliphatic hydroxyl groups is 1. The molecule has 1 fully saturated rings. The number of nitrogens with one attached hydrogen (secondary N) is 4. The van der Waals surface area contributed by atoms with Gasteiger partial charge in [-0.15, -0.1) is 0 Å². The summed E-state index contributed by atoms with van der Waals surface area (Å²) in [5.41, 5.74) is 1.77. The van der Waals surface area contributed by atoms with Crippen molar-refractivity contribution < 1.29 is 9.90 Å². The molecular weight excluding hydrogens is 480 g/mol. The van der Waals surface area contributed by atoms with Gasteiger partial charge in [0, 0.05) is 43.8 Å². The molecule has 2 aliphatic rings. The number of hydrogen-bond donors (Lipinski definition) is 5. The van der Waals surface area contributed by atoms with E-state index in [-0.39, 0.29) is 5.91 Å². The zero-order valence-corrected chi connectivity index (χ0v) is 21.6. The van der Waals surface area contributed by atoms with Crippen LogP contribution in [0.4, 0.5) is 29.0 Å². The van der Waals surface area contributed by atoms with Gasteiger partial charge >= 0.3 is 0 Å². The second-order valence-corrected chi connectivity index (χ2v) is 9.75. The Balaban J connectivity index is 1.40. The van der Waals surface area contributed by atoms with Crippen LogP contribution >= 0.6 is 0 Å². The zero-order chi connectivity index (χ0) is 26.4. The van der Waals surface area contributed by atoms with E-state index in [0.717, 1.165) is 38.3 Å². The predicted octanol–water partition coefficient (Wildman–Crippen LogP) is 3.45. The van der Waals surface area contributed by atoms with Crippen LogP contribution in [0, 0.1) is 0 Å². The molecule has 1 unspecified atom stereocenters. The summed E-state index contributed by atoms with van der Waals surface area (Å²) in [5.74, 6) is 0.851. The van der Waals surface area contributed by atoms with E-state index >= 15 is 0 Å². The number of allylic oxidation sites excluding steroid dienone is 1. The van der Waals surface area contributed by atoms with E-state index in [9.17, 15) is 9.90 Å². The van der Waals surface area contributed by atoms with Crippen molar-refractivity contribution >= 4 is 34.9 Å². The molecule has 1 atom stereocenters. The summed E-state index contributed by atoms with van der Waals surface area (Å²) in [4.78, 5) is 28.9. The van der Waals surface area contributed by atoms with Crippen LogP contribution < -0.4 is 26.2 Å². The molecule has 2 aliphatic heterocycles. The van der Waals surface area contributed by atoms with Crippen LogP contribution in [0.3, 0.4) is 0 Å². The van der Waals surface area contributed by atoms with Gasteiger partial charge in [-0.3, -0.25) is 4.79 Å². The smallest absolute Gasteiger partial charge is 0.256 e. The van der Waals surface area contributed by atoms with Crippen molar-refractivity contribution in [2.45, 2.75) is 31.8 Å². The fraction of sp³-hybridized carbons (Fsp3) is 0.357. The summed E-state index contributed by atoms with van der Waals surface area (Å²) in [6.45, 7) is 6.16. The normalized spacial score (nSPS) is 21.2. The quantitative estimate of drug-likeness (QED) is 0.334. The van der Waals surface area contributed by atoms with Crippen molar-refractivity contribution in [3.05, 3.63) is 72.1 Å². The van der Waals surface area contributed by atoms with Gasteiger partial charge in [-0.05, 0) is 69.1 Å². The molecule has 10 nitrogen and oxygen atoms in total. The summed E-state index contributed by atoms with van der Waals surface area (Å²) in [5, 5.41) is 23.7. The molecule has 10 heteroatoms. The molecule has 5 N–H and O–H groups in total. The van der Waals surface area contributed by atoms with E-state index in [1.807, 2.05) is 30.4 Å². The number of carbonyl (C=O) groups excluding carboxylic acids is 1. The maximum absolute atomic E-state index is 12.9. The van der Waals surface area contributed by atoms with Gasteiger partial charge in [0.15, 0.2) is 0 Å². The molecule has 1 aromatic carbocycles. The van der Waals surface area contributed by atoms with E-state index < -0.39 is 5.60 Å². The lowest BCUT2D eigenvalue weighted by molar-refractivity contribution is 0.0444. The number of anilines is 5. The van der Waals surface area contributed by atoms with Crippen LogP contribution in [0.2, 0.25) is 0 Å². The molecule has 5 rings (SSSR count). The molecule has 0 aliphatic carbocycles. The van der Waals surface area contributed by atoms with E-state index in [4.69, 9.17) is 0 Å². The van der Waals surface area contributed by atoms with Crippen molar-refractivity contribution in [1.29, 1.82) is 0 Å². The minimum Gasteiger partial charge on any atom is -0.384 e. The van der Waals surface area contributed by atoms with Crippen LogP contribution in [-0.4, -0.2) is 58.7 Å². The molecule has 1 amide bonds. The minimum atomic E-state index is -1.09. The van der Waals surface area contributed by atoms with Crippen LogP contribution in [0.15, 0.2) is 60.8 Å². The SMILES string of the molecule is CC1(O)CC/C=C\CNC(=O)c2cnc(Nc3ccc(N4CCCNCC4)cc3)nc2Nc2cccc1n2. The third-order valence-electron chi connectivity index (χ3n) is 6.75. The van der Waals surface area contributed by atoms with Gasteiger partial charge in [0.2, 0.25) is 5.95 Å². The first kappa shape index (κ1) is 25.6. The fourth-order valence-electron chi connectivity index (χ4n) is 4.56. The second-order valence-electron chi connectivity index (χ2n) is 9.75. The summed E-state index contributed by atoms with van der Waals surface area (Å²) in [7, 11) is 0. The Bertz CT molecular complexity index is 1280. The number of carbonyl (C=O) groups is 1. The number of aromatic nitrogens is 3. The molecule has 0 spiro atoms. The number of pyridine rings is 1. The Hall–Kier alpha value is -4.02. The average Bonchev–Trinajstić information content (AvgIpc) is 3.21. The Morgan fingerprint density at radius 1 is 1.05 bits per heavy atom. The van der Waals surface area contributed by atoms with Crippen molar-refractivity contribution in [2.75, 3.05) is 48.3 Å². The van der Waals surface area contributed by atoms with Gasteiger partial charge in [-0.1, -0.05) is 18.2 Å². The highest BCUT2D eigenvalue weighted by molar-refractivity contribution is 5.99. The zero-order valence-electron chi connectivity index (χ0n) is 21.6. The highest BCUT2D eigenvalue weighted by Crippen LogP contribution is 2.28. The lowest BCUT2D eigenvalue weighted by Crippen LogP contribution is -2.27. The van der Waals surface area contributed by atoms with Crippen LogP contribution in [-0.2, 0) is 5.60 Å². The van der Waals surface area contributed by atoms with Crippen LogP contribution in [0.1, 0.15) is 42.2 Å². The highest BCUT2D eigenvalue weighted by Gasteiger charge is 2.25. The lowest BCUT2D eigenvalue weighted by Gasteiger charge is -2.23. The summed E-state index contributed by atoms with van der Waals surface area (Å²) in [6.07, 6.45) is 7.61. The van der Waals surface area contributed by atoms with E-state index in [0.29, 0.717) is 48.2 Å². The van der Waals surface area contributed by atoms with Crippen molar-refractivity contribution in [1.82, 2.24) is 25.6 Å². The maximum atomic E-state index is 12.9. The van der Waals surface area contributed by atoms with Gasteiger partial charge < -0.3 is 31.3 Å². The molecule has 4 heterocycles. The van der Waals surface area contributed by atoms with Gasteiger partial charge in [-0.25, -0.2) is 9.97 Å². The lowest BCUT2D eigenvalue weighted by atomic mass is 9.95. The van der Waals surface area contributed by atoms with Crippen LogP contribution in [0.25, 0.3) is 0 Å². The topological polar surface area (TPSA) is 127 Å². The fourth-order valence-corrected chi connectivity index (χ4v) is 4.56. The van der Waals surface area contributed by atoms with Crippen molar-refractivity contribution in [2.24, 2.45) is 0 Å². The van der Waals surface area contributed by atoms with Gasteiger partial charge in [0.25, 0.3) is 5.91 Å². The number of hydrogen-bond acceptors (Lipinski definition) is 9. The third kappa shape index (κ3) is 6.27. The van der Waals surface area contributed by atoms with E-state index in [2.05, 4.69) is 53.3 Å². The first-order valence-corrected chi connectivity index (χ1v) is 13.1. The molecule has 198 valence electrons. The molecule has 0 saturated carbocycles. The molecule has 2 aromatic heterocycles. The minimum absolute atomic E-state index is 0.291. The number of amides is 1. The molecule has 1 saturated heterocycles. The maximum Gasteiger partial charge on any atom is 0.256 e. The number of fused-ring (bicyclic) bond motifs is 3. The summed E-state index contributed by atoms with van der Waals surface area (Å²) < 4.78 is 0. The Labute approximate surface area is 222 Å². The Morgan fingerprint density at radius 2 is 1.92 bits per heavy atom. The molecule has 38 heavy (non-hydrogen) atoms. The van der Waals surface area contributed by atoms with E-state index in [1.54, 1.807) is 19.1 Å². The summed E-state index contributed by atoms with van der Waals surface area (Å²) in [6, 6.07) is 13.6. The summed E-state index contributed by atoms with van der Waals surface area (Å²) >= 11 is 0. The van der Waals surface area contributed by atoms with Gasteiger partial charge in [-0.2, -0.15) is 4.98 Å². The Kier molecular flexibility index (Phi) is 7.81. The predicted molar refractivity (Wildman–Crippen MR) is 149 cm³/mol.